The van der Waals surface area contributed by atoms with E-state index < -0.39 is 0 Å². The van der Waals surface area contributed by atoms with Gasteiger partial charge in [-0.1, -0.05) is 58.7 Å². The van der Waals surface area contributed by atoms with Crippen molar-refractivity contribution < 1.29 is 0 Å². The average Bonchev–Trinajstić information content (AvgIpc) is 2.37. The Morgan fingerprint density at radius 2 is 1.84 bits per heavy atom. The Morgan fingerprint density at radius 3 is 2.53 bits per heavy atom. The van der Waals surface area contributed by atoms with Crippen molar-refractivity contribution in [2.75, 3.05) is 0 Å². The van der Waals surface area contributed by atoms with Crippen molar-refractivity contribution in [2.45, 2.75) is 31.2 Å². The van der Waals surface area contributed by atoms with Gasteiger partial charge in [-0.05, 0) is 47.6 Å². The standard InChI is InChI=1S/C17H18BrN/c18-14-8-4-7-13(11-14)17(19)16-10-2-1-9-15(16)12-5-3-6-12/h1-2,4,7-12,17H,3,5-6,19H2. The molecule has 1 aliphatic carbocycles. The summed E-state index contributed by atoms with van der Waals surface area (Å²) in [4.78, 5) is 0. The predicted octanol–water partition coefficient (Wildman–Crippen LogP) is 4.76. The van der Waals surface area contributed by atoms with Gasteiger partial charge < -0.3 is 5.73 Å². The zero-order chi connectivity index (χ0) is 13.2. The van der Waals surface area contributed by atoms with Crippen LogP contribution in [0, 0.1) is 0 Å². The predicted molar refractivity (Wildman–Crippen MR) is 83.2 cm³/mol. The van der Waals surface area contributed by atoms with Crippen molar-refractivity contribution >= 4 is 15.9 Å². The molecule has 1 saturated carbocycles. The minimum Gasteiger partial charge on any atom is -0.320 e. The number of nitrogens with two attached hydrogens (primary N) is 1. The van der Waals surface area contributed by atoms with Crippen LogP contribution in [0.5, 0.6) is 0 Å². The van der Waals surface area contributed by atoms with E-state index >= 15 is 0 Å². The molecule has 0 aromatic heterocycles. The van der Waals surface area contributed by atoms with E-state index in [1.165, 1.54) is 36.0 Å². The maximum absolute atomic E-state index is 6.48. The quantitative estimate of drug-likeness (QED) is 0.867. The molecule has 0 saturated heterocycles. The van der Waals surface area contributed by atoms with Crippen LogP contribution in [0.1, 0.15) is 47.9 Å². The summed E-state index contributed by atoms with van der Waals surface area (Å²) in [6.45, 7) is 0. The Hall–Kier alpha value is -1.12. The molecule has 0 aliphatic heterocycles. The summed E-state index contributed by atoms with van der Waals surface area (Å²) in [7, 11) is 0. The second-order valence-corrected chi connectivity index (χ2v) is 6.21. The van der Waals surface area contributed by atoms with E-state index in [0.29, 0.717) is 0 Å². The number of benzene rings is 2. The fraction of sp³-hybridized carbons (Fsp3) is 0.294. The van der Waals surface area contributed by atoms with E-state index in [0.717, 1.165) is 10.4 Å². The van der Waals surface area contributed by atoms with Gasteiger partial charge in [-0.15, -0.1) is 0 Å². The minimum absolute atomic E-state index is 0.0331. The maximum atomic E-state index is 6.48. The Bertz CT molecular complexity index is 575. The molecule has 2 heteroatoms. The molecule has 1 nitrogen and oxygen atoms in total. The van der Waals surface area contributed by atoms with Gasteiger partial charge in [-0.3, -0.25) is 0 Å². The molecule has 0 heterocycles. The smallest absolute Gasteiger partial charge is 0.0554 e. The molecular formula is C17H18BrN. The first-order valence-corrected chi connectivity index (χ1v) is 7.65. The fourth-order valence-corrected chi connectivity index (χ4v) is 3.18. The van der Waals surface area contributed by atoms with Crippen LogP contribution >= 0.6 is 15.9 Å². The number of rotatable bonds is 3. The van der Waals surface area contributed by atoms with Crippen LogP contribution in [0.4, 0.5) is 0 Å². The molecule has 19 heavy (non-hydrogen) atoms. The van der Waals surface area contributed by atoms with Gasteiger partial charge in [0.1, 0.15) is 0 Å². The lowest BCUT2D eigenvalue weighted by molar-refractivity contribution is 0.416. The molecule has 1 atom stereocenters. The van der Waals surface area contributed by atoms with E-state index in [1.807, 2.05) is 12.1 Å². The number of hydrogen-bond donors (Lipinski definition) is 1. The normalized spacial score (nSPS) is 16.9. The summed E-state index contributed by atoms with van der Waals surface area (Å²) in [6.07, 6.45) is 3.97. The largest absolute Gasteiger partial charge is 0.320 e. The van der Waals surface area contributed by atoms with Crippen molar-refractivity contribution in [3.8, 4) is 0 Å². The summed E-state index contributed by atoms with van der Waals surface area (Å²) in [5, 5.41) is 0. The Labute approximate surface area is 123 Å². The Balaban J connectivity index is 1.97. The van der Waals surface area contributed by atoms with Gasteiger partial charge in [0, 0.05) is 4.47 Å². The molecule has 2 aromatic rings. The number of hydrogen-bond acceptors (Lipinski definition) is 1. The van der Waals surface area contributed by atoms with Crippen molar-refractivity contribution in [1.82, 2.24) is 0 Å². The van der Waals surface area contributed by atoms with Crippen molar-refractivity contribution in [3.05, 3.63) is 69.7 Å². The number of halogens is 1. The molecular weight excluding hydrogens is 298 g/mol. The maximum Gasteiger partial charge on any atom is 0.0554 e. The van der Waals surface area contributed by atoms with Crippen LogP contribution < -0.4 is 5.73 Å². The lowest BCUT2D eigenvalue weighted by atomic mass is 9.76. The van der Waals surface area contributed by atoms with Crippen LogP contribution in [-0.2, 0) is 0 Å². The van der Waals surface area contributed by atoms with Crippen LogP contribution in [0.2, 0.25) is 0 Å². The highest BCUT2D eigenvalue weighted by Gasteiger charge is 2.24. The lowest BCUT2D eigenvalue weighted by Gasteiger charge is -2.29. The first-order chi connectivity index (χ1) is 9.25. The molecule has 0 spiro atoms. The van der Waals surface area contributed by atoms with Gasteiger partial charge in [-0.25, -0.2) is 0 Å². The SMILES string of the molecule is NC(c1cccc(Br)c1)c1ccccc1C1CCC1. The van der Waals surface area contributed by atoms with Crippen molar-refractivity contribution in [3.63, 3.8) is 0 Å². The van der Waals surface area contributed by atoms with E-state index in [9.17, 15) is 0 Å². The Kier molecular flexibility index (Phi) is 3.72. The molecule has 1 unspecified atom stereocenters. The van der Waals surface area contributed by atoms with E-state index in [4.69, 9.17) is 5.73 Å². The van der Waals surface area contributed by atoms with E-state index in [-0.39, 0.29) is 6.04 Å². The fourth-order valence-electron chi connectivity index (χ4n) is 2.76. The van der Waals surface area contributed by atoms with Gasteiger partial charge in [0.25, 0.3) is 0 Å². The second-order valence-electron chi connectivity index (χ2n) is 5.29. The monoisotopic (exact) mass is 315 g/mol. The summed E-state index contributed by atoms with van der Waals surface area (Å²) >= 11 is 3.52. The highest BCUT2D eigenvalue weighted by atomic mass is 79.9. The molecule has 98 valence electrons. The summed E-state index contributed by atoms with van der Waals surface area (Å²) in [6, 6.07) is 16.9. The summed E-state index contributed by atoms with van der Waals surface area (Å²) in [5.41, 5.74) is 10.4. The van der Waals surface area contributed by atoms with Gasteiger partial charge in [0.15, 0.2) is 0 Å². The highest BCUT2D eigenvalue weighted by Crippen LogP contribution is 2.40. The summed E-state index contributed by atoms with van der Waals surface area (Å²) in [5.74, 6) is 0.717. The highest BCUT2D eigenvalue weighted by molar-refractivity contribution is 9.10. The molecule has 1 fully saturated rings. The third-order valence-electron chi connectivity index (χ3n) is 4.08. The molecule has 3 rings (SSSR count). The minimum atomic E-state index is -0.0331. The lowest BCUT2D eigenvalue weighted by Crippen LogP contribution is -2.18. The third kappa shape index (κ3) is 2.60. The van der Waals surface area contributed by atoms with Gasteiger partial charge >= 0.3 is 0 Å². The van der Waals surface area contributed by atoms with E-state index in [1.54, 1.807) is 0 Å². The van der Waals surface area contributed by atoms with E-state index in [2.05, 4.69) is 52.3 Å². The van der Waals surface area contributed by atoms with Gasteiger partial charge in [0.05, 0.1) is 6.04 Å². The first kappa shape index (κ1) is 12.9. The molecule has 0 radical (unpaired) electrons. The molecule has 0 bridgehead atoms. The molecule has 1 aliphatic rings. The van der Waals surface area contributed by atoms with Crippen molar-refractivity contribution in [1.29, 1.82) is 0 Å². The molecule has 2 aromatic carbocycles. The molecule has 2 N–H and O–H groups in total. The molecule has 0 amide bonds. The summed E-state index contributed by atoms with van der Waals surface area (Å²) < 4.78 is 1.08. The zero-order valence-corrected chi connectivity index (χ0v) is 12.4. The Morgan fingerprint density at radius 1 is 1.05 bits per heavy atom. The topological polar surface area (TPSA) is 26.0 Å². The average molecular weight is 316 g/mol. The van der Waals surface area contributed by atoms with Crippen LogP contribution in [0.15, 0.2) is 53.0 Å². The third-order valence-corrected chi connectivity index (χ3v) is 4.58. The first-order valence-electron chi connectivity index (χ1n) is 6.85. The van der Waals surface area contributed by atoms with Gasteiger partial charge in [-0.2, -0.15) is 0 Å². The van der Waals surface area contributed by atoms with Crippen molar-refractivity contribution in [2.24, 2.45) is 5.73 Å². The second kappa shape index (κ2) is 5.48. The van der Waals surface area contributed by atoms with Crippen LogP contribution in [-0.4, -0.2) is 0 Å². The van der Waals surface area contributed by atoms with Crippen LogP contribution in [0.3, 0.4) is 0 Å². The van der Waals surface area contributed by atoms with Crippen LogP contribution in [0.25, 0.3) is 0 Å². The van der Waals surface area contributed by atoms with Gasteiger partial charge in [0.2, 0.25) is 0 Å². The zero-order valence-electron chi connectivity index (χ0n) is 10.9.